The lowest BCUT2D eigenvalue weighted by molar-refractivity contribution is -0.116. The zero-order chi connectivity index (χ0) is 16.2. The zero-order valence-corrected chi connectivity index (χ0v) is 14.2. The van der Waals surface area contributed by atoms with Crippen LogP contribution in [0.3, 0.4) is 0 Å². The van der Waals surface area contributed by atoms with E-state index in [1.165, 1.54) is 4.70 Å². The molecule has 1 heterocycles. The molecule has 3 rings (SSSR count). The van der Waals surface area contributed by atoms with Gasteiger partial charge in [-0.15, -0.1) is 11.3 Å². The van der Waals surface area contributed by atoms with Crippen molar-refractivity contribution >= 4 is 33.1 Å². The van der Waals surface area contributed by atoms with Gasteiger partial charge in [-0.25, -0.2) is 4.98 Å². The van der Waals surface area contributed by atoms with Gasteiger partial charge in [-0.1, -0.05) is 18.2 Å². The minimum absolute atomic E-state index is 0.0658. The molecule has 1 aromatic heterocycles. The first-order valence-electron chi connectivity index (χ1n) is 7.83. The largest absolute Gasteiger partial charge is 0.326 e. The van der Waals surface area contributed by atoms with Gasteiger partial charge in [0.1, 0.15) is 0 Å². The van der Waals surface area contributed by atoms with E-state index in [4.69, 9.17) is 0 Å². The Morgan fingerprint density at radius 3 is 2.61 bits per heavy atom. The van der Waals surface area contributed by atoms with Crippen molar-refractivity contribution < 1.29 is 4.79 Å². The maximum absolute atomic E-state index is 12.1. The summed E-state index contributed by atoms with van der Waals surface area (Å²) >= 11 is 1.71. The number of benzene rings is 2. The van der Waals surface area contributed by atoms with Crippen molar-refractivity contribution in [3.63, 3.8) is 0 Å². The number of aryl methyl sites for hydroxylation is 3. The number of nitrogens with one attached hydrogen (secondary N) is 1. The minimum Gasteiger partial charge on any atom is -0.326 e. The molecule has 2 aromatic carbocycles. The Balaban J connectivity index is 1.52. The van der Waals surface area contributed by atoms with Crippen LogP contribution >= 0.6 is 11.3 Å². The molecule has 1 N–H and O–H groups in total. The van der Waals surface area contributed by atoms with Crippen LogP contribution in [0.2, 0.25) is 0 Å². The van der Waals surface area contributed by atoms with E-state index in [1.54, 1.807) is 11.3 Å². The molecule has 1 amide bonds. The van der Waals surface area contributed by atoms with Gasteiger partial charge >= 0.3 is 0 Å². The third-order valence-electron chi connectivity index (χ3n) is 3.64. The summed E-state index contributed by atoms with van der Waals surface area (Å²) in [6.45, 7) is 4.07. The van der Waals surface area contributed by atoms with Crippen LogP contribution < -0.4 is 5.32 Å². The van der Waals surface area contributed by atoms with Gasteiger partial charge in [0, 0.05) is 12.1 Å². The average Bonchev–Trinajstić information content (AvgIpc) is 2.88. The highest BCUT2D eigenvalue weighted by molar-refractivity contribution is 7.18. The number of thiazole rings is 1. The Kier molecular flexibility index (Phi) is 4.72. The normalized spacial score (nSPS) is 10.9. The first-order valence-corrected chi connectivity index (χ1v) is 8.64. The molecule has 0 aliphatic heterocycles. The summed E-state index contributed by atoms with van der Waals surface area (Å²) in [5, 5.41) is 4.08. The highest BCUT2D eigenvalue weighted by Gasteiger charge is 2.06. The topological polar surface area (TPSA) is 42.0 Å². The monoisotopic (exact) mass is 324 g/mol. The maximum Gasteiger partial charge on any atom is 0.224 e. The van der Waals surface area contributed by atoms with Crippen LogP contribution in [-0.4, -0.2) is 10.9 Å². The van der Waals surface area contributed by atoms with E-state index in [0.717, 1.165) is 40.2 Å². The number of hydrogen-bond donors (Lipinski definition) is 1. The molecule has 0 saturated heterocycles. The number of aromatic nitrogens is 1. The average molecular weight is 324 g/mol. The highest BCUT2D eigenvalue weighted by Crippen LogP contribution is 2.23. The minimum atomic E-state index is 0.0658. The molecule has 0 aliphatic carbocycles. The van der Waals surface area contributed by atoms with Crippen molar-refractivity contribution in [3.8, 4) is 0 Å². The molecule has 4 heteroatoms. The second-order valence-corrected chi connectivity index (χ2v) is 6.97. The molecule has 0 unspecified atom stereocenters. The summed E-state index contributed by atoms with van der Waals surface area (Å²) in [6, 6.07) is 14.2. The lowest BCUT2D eigenvalue weighted by atomic mass is 10.1. The summed E-state index contributed by atoms with van der Waals surface area (Å²) in [5.41, 5.74) is 4.25. The maximum atomic E-state index is 12.1. The Morgan fingerprint density at radius 2 is 1.87 bits per heavy atom. The van der Waals surface area contributed by atoms with E-state index in [2.05, 4.69) is 22.4 Å². The number of rotatable bonds is 5. The predicted octanol–water partition coefficient (Wildman–Crippen LogP) is 4.87. The SMILES string of the molecule is Cc1cc(C)cc(NC(=O)CCCc2nc3ccccc3s2)c1. The summed E-state index contributed by atoms with van der Waals surface area (Å²) in [6.07, 6.45) is 2.18. The lowest BCUT2D eigenvalue weighted by Gasteiger charge is -2.07. The van der Waals surface area contributed by atoms with Crippen LogP contribution in [-0.2, 0) is 11.2 Å². The molecule has 118 valence electrons. The molecule has 3 nitrogen and oxygen atoms in total. The van der Waals surface area contributed by atoms with Crippen molar-refractivity contribution in [2.45, 2.75) is 33.1 Å². The van der Waals surface area contributed by atoms with Gasteiger partial charge in [0.25, 0.3) is 0 Å². The van der Waals surface area contributed by atoms with Crippen LogP contribution in [0.1, 0.15) is 29.0 Å². The molecule has 0 aliphatic rings. The number of carbonyl (C=O) groups is 1. The van der Waals surface area contributed by atoms with Crippen molar-refractivity contribution in [1.29, 1.82) is 0 Å². The predicted molar refractivity (Wildman–Crippen MR) is 97.1 cm³/mol. The van der Waals surface area contributed by atoms with Gasteiger partial charge in [-0.3, -0.25) is 4.79 Å². The van der Waals surface area contributed by atoms with Crippen LogP contribution in [0.5, 0.6) is 0 Å². The second-order valence-electron chi connectivity index (χ2n) is 5.85. The summed E-state index contributed by atoms with van der Waals surface area (Å²) in [7, 11) is 0. The zero-order valence-electron chi connectivity index (χ0n) is 13.4. The first kappa shape index (κ1) is 15.7. The molecule has 0 spiro atoms. The fourth-order valence-electron chi connectivity index (χ4n) is 2.70. The lowest BCUT2D eigenvalue weighted by Crippen LogP contribution is -2.11. The molecular formula is C19H20N2OS. The standard InChI is InChI=1S/C19H20N2OS/c1-13-10-14(2)12-15(11-13)20-18(22)8-5-9-19-21-16-6-3-4-7-17(16)23-19/h3-4,6-7,10-12H,5,8-9H2,1-2H3,(H,20,22). The van der Waals surface area contributed by atoms with E-state index in [-0.39, 0.29) is 5.91 Å². The number of hydrogen-bond acceptors (Lipinski definition) is 3. The van der Waals surface area contributed by atoms with E-state index in [9.17, 15) is 4.79 Å². The first-order chi connectivity index (χ1) is 11.1. The van der Waals surface area contributed by atoms with Crippen molar-refractivity contribution in [1.82, 2.24) is 4.98 Å². The van der Waals surface area contributed by atoms with Crippen molar-refractivity contribution in [2.75, 3.05) is 5.32 Å². The van der Waals surface area contributed by atoms with Gasteiger partial charge in [-0.05, 0) is 62.1 Å². The van der Waals surface area contributed by atoms with Gasteiger partial charge in [-0.2, -0.15) is 0 Å². The van der Waals surface area contributed by atoms with Crippen LogP contribution in [0, 0.1) is 13.8 Å². The molecule has 0 fully saturated rings. The summed E-state index contributed by atoms with van der Waals surface area (Å²) in [5.74, 6) is 0.0658. The Labute approximate surface area is 140 Å². The van der Waals surface area contributed by atoms with Crippen LogP contribution in [0.4, 0.5) is 5.69 Å². The number of para-hydroxylation sites is 1. The van der Waals surface area contributed by atoms with Gasteiger partial charge in [0.05, 0.1) is 15.2 Å². The fourth-order valence-corrected chi connectivity index (χ4v) is 3.71. The number of nitrogens with zero attached hydrogens (tertiary/aromatic N) is 1. The van der Waals surface area contributed by atoms with Gasteiger partial charge in [0.15, 0.2) is 0 Å². The molecule has 0 radical (unpaired) electrons. The van der Waals surface area contributed by atoms with Gasteiger partial charge < -0.3 is 5.32 Å². The molecule has 3 aromatic rings. The summed E-state index contributed by atoms with van der Waals surface area (Å²) in [4.78, 5) is 16.7. The van der Waals surface area contributed by atoms with Crippen molar-refractivity contribution in [2.24, 2.45) is 0 Å². The van der Waals surface area contributed by atoms with Gasteiger partial charge in [0.2, 0.25) is 5.91 Å². The van der Waals surface area contributed by atoms with E-state index >= 15 is 0 Å². The Bertz CT molecular complexity index is 785. The van der Waals surface area contributed by atoms with E-state index in [1.807, 2.05) is 44.2 Å². The second kappa shape index (κ2) is 6.92. The number of anilines is 1. The Morgan fingerprint density at radius 1 is 1.13 bits per heavy atom. The number of amides is 1. The molecular weight excluding hydrogens is 304 g/mol. The highest BCUT2D eigenvalue weighted by atomic mass is 32.1. The van der Waals surface area contributed by atoms with E-state index < -0.39 is 0 Å². The molecule has 0 bridgehead atoms. The third-order valence-corrected chi connectivity index (χ3v) is 4.73. The van der Waals surface area contributed by atoms with E-state index in [0.29, 0.717) is 6.42 Å². The summed E-state index contributed by atoms with van der Waals surface area (Å²) < 4.78 is 1.21. The fraction of sp³-hybridized carbons (Fsp3) is 0.263. The molecule has 23 heavy (non-hydrogen) atoms. The van der Waals surface area contributed by atoms with Crippen LogP contribution in [0.25, 0.3) is 10.2 Å². The van der Waals surface area contributed by atoms with Crippen molar-refractivity contribution in [3.05, 3.63) is 58.6 Å². The third kappa shape index (κ3) is 4.17. The Hall–Kier alpha value is -2.20. The molecule has 0 saturated carbocycles. The quantitative estimate of drug-likeness (QED) is 0.727. The number of carbonyl (C=O) groups excluding carboxylic acids is 1. The van der Waals surface area contributed by atoms with Crippen LogP contribution in [0.15, 0.2) is 42.5 Å². The number of fused-ring (bicyclic) bond motifs is 1. The smallest absolute Gasteiger partial charge is 0.224 e. The molecule has 0 atom stereocenters.